The van der Waals surface area contributed by atoms with Crippen molar-refractivity contribution in [2.45, 2.75) is 52.2 Å². The van der Waals surface area contributed by atoms with Crippen molar-refractivity contribution in [2.24, 2.45) is 0 Å². The number of amides is 1. The van der Waals surface area contributed by atoms with Crippen molar-refractivity contribution >= 4 is 28.7 Å². The second-order valence-corrected chi connectivity index (χ2v) is 7.86. The summed E-state index contributed by atoms with van der Waals surface area (Å²) in [7, 11) is 0. The fourth-order valence-electron chi connectivity index (χ4n) is 2.57. The molecule has 2 heterocycles. The van der Waals surface area contributed by atoms with E-state index in [0.29, 0.717) is 13.1 Å². The van der Waals surface area contributed by atoms with E-state index in [4.69, 9.17) is 4.74 Å². The van der Waals surface area contributed by atoms with Gasteiger partial charge in [-0.25, -0.2) is 4.79 Å². The number of carbonyl (C=O) groups excluding carboxylic acids is 1. The molecule has 0 atom stereocenters. The van der Waals surface area contributed by atoms with Gasteiger partial charge in [-0.1, -0.05) is 0 Å². The molecule has 0 radical (unpaired) electrons. The molecule has 5 nitrogen and oxygen atoms in total. The van der Waals surface area contributed by atoms with Gasteiger partial charge in [0, 0.05) is 34.5 Å². The van der Waals surface area contributed by atoms with Crippen LogP contribution < -0.4 is 5.56 Å². The summed E-state index contributed by atoms with van der Waals surface area (Å²) in [5.74, 6) is 0. The summed E-state index contributed by atoms with van der Waals surface area (Å²) < 4.78 is 8.19. The number of hydrogen-bond donors (Lipinski definition) is 0. The van der Waals surface area contributed by atoms with E-state index in [1.807, 2.05) is 44.5 Å². The summed E-state index contributed by atoms with van der Waals surface area (Å²) in [6.45, 7) is 8.70. The molecule has 0 aromatic carbocycles. The quantitative estimate of drug-likeness (QED) is 0.658. The molecule has 0 bridgehead atoms. The molecular formula is C16H23IN2O3. The first kappa shape index (κ1) is 17.3. The van der Waals surface area contributed by atoms with E-state index in [2.05, 4.69) is 22.6 Å². The second-order valence-electron chi connectivity index (χ2n) is 6.70. The highest BCUT2D eigenvalue weighted by Crippen LogP contribution is 2.23. The largest absolute Gasteiger partial charge is 0.444 e. The standard InChI is InChI=1S/C16H23IN2O3/c1-11-13(17)7-10-19(14(11)20)12-5-8-18(9-6-12)15(21)22-16(2,3)4/h7,10,12H,5-6,8-9H2,1-4H3. The molecule has 0 unspecified atom stereocenters. The summed E-state index contributed by atoms with van der Waals surface area (Å²) in [6.07, 6.45) is 3.15. The molecule has 1 aliphatic heterocycles. The maximum atomic E-state index is 12.3. The first-order valence-corrected chi connectivity index (χ1v) is 8.62. The van der Waals surface area contributed by atoms with Crippen molar-refractivity contribution in [1.29, 1.82) is 0 Å². The van der Waals surface area contributed by atoms with Crippen LogP contribution in [0.25, 0.3) is 0 Å². The lowest BCUT2D eigenvalue weighted by atomic mass is 10.0. The van der Waals surface area contributed by atoms with Crippen LogP contribution in [0.5, 0.6) is 0 Å². The van der Waals surface area contributed by atoms with E-state index in [1.165, 1.54) is 0 Å². The molecule has 2 rings (SSSR count). The summed E-state index contributed by atoms with van der Waals surface area (Å²) in [4.78, 5) is 26.1. The van der Waals surface area contributed by atoms with Crippen LogP contribution in [0.3, 0.4) is 0 Å². The average molecular weight is 418 g/mol. The van der Waals surface area contributed by atoms with Crippen molar-refractivity contribution < 1.29 is 9.53 Å². The highest BCUT2D eigenvalue weighted by Gasteiger charge is 2.28. The molecule has 122 valence electrons. The number of piperidine rings is 1. The summed E-state index contributed by atoms with van der Waals surface area (Å²) >= 11 is 2.18. The van der Waals surface area contributed by atoms with Gasteiger partial charge in [0.15, 0.2) is 0 Å². The van der Waals surface area contributed by atoms with Crippen LogP contribution in [0.2, 0.25) is 0 Å². The average Bonchev–Trinajstić information content (AvgIpc) is 2.43. The molecule has 0 N–H and O–H groups in total. The topological polar surface area (TPSA) is 51.5 Å². The van der Waals surface area contributed by atoms with E-state index >= 15 is 0 Å². The van der Waals surface area contributed by atoms with E-state index in [1.54, 1.807) is 4.90 Å². The normalized spacial score (nSPS) is 16.7. The number of halogens is 1. The molecule has 1 saturated heterocycles. The number of ether oxygens (including phenoxy) is 1. The van der Waals surface area contributed by atoms with Gasteiger partial charge >= 0.3 is 6.09 Å². The number of pyridine rings is 1. The lowest BCUT2D eigenvalue weighted by Crippen LogP contribution is -2.43. The number of hydrogen-bond acceptors (Lipinski definition) is 3. The Morgan fingerprint density at radius 1 is 1.32 bits per heavy atom. The van der Waals surface area contributed by atoms with Crippen LogP contribution in [0.15, 0.2) is 17.1 Å². The Balaban J connectivity index is 2.03. The van der Waals surface area contributed by atoms with Crippen molar-refractivity contribution in [3.8, 4) is 0 Å². The van der Waals surface area contributed by atoms with E-state index < -0.39 is 5.60 Å². The van der Waals surface area contributed by atoms with E-state index in [0.717, 1.165) is 22.0 Å². The third-order valence-corrected chi connectivity index (χ3v) is 4.97. The lowest BCUT2D eigenvalue weighted by Gasteiger charge is -2.34. The monoisotopic (exact) mass is 418 g/mol. The maximum Gasteiger partial charge on any atom is 0.410 e. The minimum Gasteiger partial charge on any atom is -0.444 e. The van der Waals surface area contributed by atoms with Crippen LogP contribution in [0.4, 0.5) is 4.79 Å². The van der Waals surface area contributed by atoms with Gasteiger partial charge in [-0.3, -0.25) is 4.79 Å². The molecule has 1 aromatic heterocycles. The third-order valence-electron chi connectivity index (χ3n) is 3.80. The predicted molar refractivity (Wildman–Crippen MR) is 94.2 cm³/mol. The van der Waals surface area contributed by atoms with Crippen molar-refractivity contribution in [3.05, 3.63) is 31.8 Å². The number of rotatable bonds is 1. The summed E-state index contributed by atoms with van der Waals surface area (Å²) in [6, 6.07) is 2.12. The smallest absolute Gasteiger partial charge is 0.410 e. The van der Waals surface area contributed by atoms with Gasteiger partial charge in [-0.2, -0.15) is 0 Å². The Bertz CT molecular complexity index is 611. The van der Waals surface area contributed by atoms with Crippen molar-refractivity contribution in [1.82, 2.24) is 9.47 Å². The van der Waals surface area contributed by atoms with Crippen LogP contribution >= 0.6 is 22.6 Å². The fourth-order valence-corrected chi connectivity index (χ4v) is 2.97. The second kappa shape index (κ2) is 6.60. The minimum absolute atomic E-state index is 0.0719. The first-order valence-electron chi connectivity index (χ1n) is 7.54. The van der Waals surface area contributed by atoms with Crippen LogP contribution in [0, 0.1) is 10.5 Å². The third kappa shape index (κ3) is 4.02. The van der Waals surface area contributed by atoms with Crippen LogP contribution in [0.1, 0.15) is 45.2 Å². The molecule has 1 amide bonds. The minimum atomic E-state index is -0.474. The Morgan fingerprint density at radius 3 is 2.45 bits per heavy atom. The Hall–Kier alpha value is -1.05. The Labute approximate surface area is 144 Å². The van der Waals surface area contributed by atoms with Gasteiger partial charge in [0.05, 0.1) is 0 Å². The van der Waals surface area contributed by atoms with E-state index in [-0.39, 0.29) is 17.7 Å². The number of nitrogens with zero attached hydrogens (tertiary/aromatic N) is 2. The molecule has 1 fully saturated rings. The molecule has 0 spiro atoms. The summed E-state index contributed by atoms with van der Waals surface area (Å²) in [5.41, 5.74) is 0.387. The van der Waals surface area contributed by atoms with Gasteiger partial charge in [-0.05, 0) is 69.2 Å². The van der Waals surface area contributed by atoms with Crippen molar-refractivity contribution in [3.63, 3.8) is 0 Å². The van der Waals surface area contributed by atoms with Gasteiger partial charge in [0.2, 0.25) is 0 Å². The van der Waals surface area contributed by atoms with Gasteiger partial charge in [0.25, 0.3) is 5.56 Å². The molecule has 22 heavy (non-hydrogen) atoms. The Morgan fingerprint density at radius 2 is 1.91 bits per heavy atom. The molecule has 0 aliphatic carbocycles. The first-order chi connectivity index (χ1) is 10.2. The molecule has 1 aromatic rings. The van der Waals surface area contributed by atoms with E-state index in [9.17, 15) is 9.59 Å². The van der Waals surface area contributed by atoms with Crippen molar-refractivity contribution in [2.75, 3.05) is 13.1 Å². The number of carbonyl (C=O) groups is 1. The highest BCUT2D eigenvalue weighted by molar-refractivity contribution is 14.1. The van der Waals surface area contributed by atoms with Gasteiger partial charge in [-0.15, -0.1) is 0 Å². The SMILES string of the molecule is Cc1c(I)ccn(C2CCN(C(=O)OC(C)(C)C)CC2)c1=O. The fraction of sp³-hybridized carbons (Fsp3) is 0.625. The number of likely N-dealkylation sites (tertiary alicyclic amines) is 1. The van der Waals surface area contributed by atoms with Gasteiger partial charge in [0.1, 0.15) is 5.60 Å². The molecular weight excluding hydrogens is 395 g/mol. The zero-order chi connectivity index (χ0) is 16.5. The Kier molecular flexibility index (Phi) is 5.19. The lowest BCUT2D eigenvalue weighted by molar-refractivity contribution is 0.0187. The predicted octanol–water partition coefficient (Wildman–Crippen LogP) is 3.33. The zero-order valence-electron chi connectivity index (χ0n) is 13.6. The van der Waals surface area contributed by atoms with Crippen LogP contribution in [-0.4, -0.2) is 34.3 Å². The molecule has 1 aliphatic rings. The zero-order valence-corrected chi connectivity index (χ0v) is 15.7. The number of aromatic nitrogens is 1. The van der Waals surface area contributed by atoms with Gasteiger partial charge < -0.3 is 14.2 Å². The summed E-state index contributed by atoms with van der Waals surface area (Å²) in [5, 5.41) is 0. The molecule has 6 heteroatoms. The molecule has 0 saturated carbocycles. The van der Waals surface area contributed by atoms with Crippen LogP contribution in [-0.2, 0) is 4.74 Å². The maximum absolute atomic E-state index is 12.3. The highest BCUT2D eigenvalue weighted by atomic mass is 127.